The van der Waals surface area contributed by atoms with Gasteiger partial charge in [-0.3, -0.25) is 4.79 Å². The van der Waals surface area contributed by atoms with Gasteiger partial charge in [0.1, 0.15) is 0 Å². The van der Waals surface area contributed by atoms with Crippen LogP contribution in [0, 0.1) is 5.92 Å². The molecule has 2 rings (SSSR count). The quantitative estimate of drug-likeness (QED) is 0.728. The summed E-state index contributed by atoms with van der Waals surface area (Å²) in [5.41, 5.74) is 6.17. The standard InChI is InChI=1S/C13H24N2OS/c14-12-6-3-1-2-5-11(12)13(16)15-7-4-9-17-10-8-15/h11-12H,1-10,14H2. The number of hydrogen-bond acceptors (Lipinski definition) is 3. The van der Waals surface area contributed by atoms with Gasteiger partial charge in [-0.2, -0.15) is 11.8 Å². The van der Waals surface area contributed by atoms with E-state index in [-0.39, 0.29) is 12.0 Å². The fourth-order valence-electron chi connectivity index (χ4n) is 2.84. The van der Waals surface area contributed by atoms with Crippen LogP contribution in [0.3, 0.4) is 0 Å². The van der Waals surface area contributed by atoms with E-state index in [1.165, 1.54) is 25.0 Å². The number of rotatable bonds is 1. The third-order valence-electron chi connectivity index (χ3n) is 3.92. The Morgan fingerprint density at radius 3 is 2.76 bits per heavy atom. The molecule has 0 aromatic heterocycles. The molecule has 0 aromatic rings. The fourth-order valence-corrected chi connectivity index (χ4v) is 3.73. The highest BCUT2D eigenvalue weighted by molar-refractivity contribution is 7.99. The molecule has 1 saturated carbocycles. The van der Waals surface area contributed by atoms with E-state index in [1.54, 1.807) is 0 Å². The average Bonchev–Trinajstić information content (AvgIpc) is 2.70. The lowest BCUT2D eigenvalue weighted by molar-refractivity contribution is -0.136. The number of carbonyl (C=O) groups excluding carboxylic acids is 1. The van der Waals surface area contributed by atoms with Gasteiger partial charge in [-0.15, -0.1) is 0 Å². The molecule has 1 aliphatic carbocycles. The van der Waals surface area contributed by atoms with Crippen LogP contribution in [0.1, 0.15) is 38.5 Å². The number of carbonyl (C=O) groups is 1. The number of thioether (sulfide) groups is 1. The first-order chi connectivity index (χ1) is 8.29. The highest BCUT2D eigenvalue weighted by Crippen LogP contribution is 2.25. The normalized spacial score (nSPS) is 31.7. The van der Waals surface area contributed by atoms with Crippen molar-refractivity contribution in [1.82, 2.24) is 4.90 Å². The Labute approximate surface area is 108 Å². The van der Waals surface area contributed by atoms with E-state index in [2.05, 4.69) is 4.90 Å². The van der Waals surface area contributed by atoms with Gasteiger partial charge in [-0.25, -0.2) is 0 Å². The highest BCUT2D eigenvalue weighted by Gasteiger charge is 2.30. The van der Waals surface area contributed by atoms with Crippen molar-refractivity contribution in [3.8, 4) is 0 Å². The molecule has 1 aliphatic heterocycles. The van der Waals surface area contributed by atoms with Crippen LogP contribution in [-0.4, -0.2) is 41.4 Å². The van der Waals surface area contributed by atoms with Crippen molar-refractivity contribution in [1.29, 1.82) is 0 Å². The minimum Gasteiger partial charge on any atom is -0.342 e. The Morgan fingerprint density at radius 1 is 1.06 bits per heavy atom. The third kappa shape index (κ3) is 3.62. The van der Waals surface area contributed by atoms with Gasteiger partial charge >= 0.3 is 0 Å². The van der Waals surface area contributed by atoms with Crippen LogP contribution in [0.4, 0.5) is 0 Å². The maximum absolute atomic E-state index is 12.5. The Kier molecular flexibility index (Phi) is 5.16. The third-order valence-corrected chi connectivity index (χ3v) is 4.97. The molecule has 2 N–H and O–H groups in total. The molecule has 0 aromatic carbocycles. The highest BCUT2D eigenvalue weighted by atomic mass is 32.2. The van der Waals surface area contributed by atoms with Crippen LogP contribution in [-0.2, 0) is 4.79 Å². The maximum Gasteiger partial charge on any atom is 0.227 e. The molecule has 0 spiro atoms. The van der Waals surface area contributed by atoms with E-state index in [0.29, 0.717) is 5.91 Å². The first-order valence-electron chi connectivity index (χ1n) is 6.91. The number of hydrogen-bond donors (Lipinski definition) is 1. The van der Waals surface area contributed by atoms with Gasteiger partial charge in [0.15, 0.2) is 0 Å². The minimum absolute atomic E-state index is 0.0978. The molecule has 17 heavy (non-hydrogen) atoms. The zero-order chi connectivity index (χ0) is 12.1. The molecule has 4 heteroatoms. The van der Waals surface area contributed by atoms with Crippen molar-refractivity contribution in [3.63, 3.8) is 0 Å². The first kappa shape index (κ1) is 13.2. The van der Waals surface area contributed by atoms with Gasteiger partial charge < -0.3 is 10.6 Å². The van der Waals surface area contributed by atoms with Crippen LogP contribution in [0.15, 0.2) is 0 Å². The predicted octanol–water partition coefficient (Wildman–Crippen LogP) is 1.86. The molecule has 1 heterocycles. The van der Waals surface area contributed by atoms with Gasteiger partial charge in [0.2, 0.25) is 5.91 Å². The summed E-state index contributed by atoms with van der Waals surface area (Å²) in [6.45, 7) is 1.86. The van der Waals surface area contributed by atoms with Crippen molar-refractivity contribution in [2.75, 3.05) is 24.6 Å². The molecule has 0 bridgehead atoms. The molecule has 3 nitrogen and oxygen atoms in total. The van der Waals surface area contributed by atoms with Crippen molar-refractivity contribution in [3.05, 3.63) is 0 Å². The first-order valence-corrected chi connectivity index (χ1v) is 8.06. The Hall–Kier alpha value is -0.220. The SMILES string of the molecule is NC1CCCCCC1C(=O)N1CCCSCC1. The summed E-state index contributed by atoms with van der Waals surface area (Å²) in [5.74, 6) is 2.72. The second-order valence-corrected chi connectivity index (χ2v) is 6.42. The largest absolute Gasteiger partial charge is 0.342 e. The number of amides is 1. The van der Waals surface area contributed by atoms with E-state index in [1.807, 2.05) is 11.8 Å². The van der Waals surface area contributed by atoms with E-state index >= 15 is 0 Å². The summed E-state index contributed by atoms with van der Waals surface area (Å²) < 4.78 is 0. The van der Waals surface area contributed by atoms with E-state index in [4.69, 9.17) is 5.73 Å². The van der Waals surface area contributed by atoms with Gasteiger partial charge in [0, 0.05) is 24.9 Å². The van der Waals surface area contributed by atoms with Crippen LogP contribution in [0.25, 0.3) is 0 Å². The smallest absolute Gasteiger partial charge is 0.227 e. The Morgan fingerprint density at radius 2 is 1.88 bits per heavy atom. The lowest BCUT2D eigenvalue weighted by Crippen LogP contribution is -2.44. The lowest BCUT2D eigenvalue weighted by atomic mass is 9.94. The van der Waals surface area contributed by atoms with Crippen molar-refractivity contribution >= 4 is 17.7 Å². The molecule has 2 unspecified atom stereocenters. The lowest BCUT2D eigenvalue weighted by Gasteiger charge is -2.28. The van der Waals surface area contributed by atoms with Crippen molar-refractivity contribution in [2.24, 2.45) is 11.7 Å². The van der Waals surface area contributed by atoms with Gasteiger partial charge in [0.05, 0.1) is 5.92 Å². The molecule has 98 valence electrons. The summed E-state index contributed by atoms with van der Waals surface area (Å²) in [6.07, 6.45) is 6.78. The summed E-state index contributed by atoms with van der Waals surface area (Å²) in [7, 11) is 0. The van der Waals surface area contributed by atoms with Crippen molar-refractivity contribution < 1.29 is 4.79 Å². The summed E-state index contributed by atoms with van der Waals surface area (Å²) >= 11 is 1.96. The van der Waals surface area contributed by atoms with Crippen LogP contribution >= 0.6 is 11.8 Å². The van der Waals surface area contributed by atoms with E-state index in [9.17, 15) is 4.79 Å². The van der Waals surface area contributed by atoms with Gasteiger partial charge in [-0.1, -0.05) is 19.3 Å². The Balaban J connectivity index is 1.96. The van der Waals surface area contributed by atoms with Gasteiger partial charge in [-0.05, 0) is 25.0 Å². The average molecular weight is 256 g/mol. The monoisotopic (exact) mass is 256 g/mol. The number of nitrogens with two attached hydrogens (primary N) is 1. The zero-order valence-corrected chi connectivity index (χ0v) is 11.4. The maximum atomic E-state index is 12.5. The van der Waals surface area contributed by atoms with Crippen LogP contribution < -0.4 is 5.73 Å². The van der Waals surface area contributed by atoms with Crippen LogP contribution in [0.2, 0.25) is 0 Å². The predicted molar refractivity (Wildman–Crippen MR) is 73.1 cm³/mol. The molecule has 2 aliphatic rings. The van der Waals surface area contributed by atoms with E-state index < -0.39 is 0 Å². The van der Waals surface area contributed by atoms with Crippen molar-refractivity contribution in [2.45, 2.75) is 44.6 Å². The summed E-state index contributed by atoms with van der Waals surface area (Å²) in [6, 6.07) is 0.0981. The second kappa shape index (κ2) is 6.64. The molecule has 0 radical (unpaired) electrons. The van der Waals surface area contributed by atoms with Crippen LogP contribution in [0.5, 0.6) is 0 Å². The minimum atomic E-state index is 0.0978. The Bertz CT molecular complexity index is 252. The molecule has 1 amide bonds. The van der Waals surface area contributed by atoms with Gasteiger partial charge in [0.25, 0.3) is 0 Å². The fraction of sp³-hybridized carbons (Fsp3) is 0.923. The van der Waals surface area contributed by atoms with E-state index in [0.717, 1.165) is 38.1 Å². The molecular formula is C13H24N2OS. The summed E-state index contributed by atoms with van der Waals surface area (Å²) in [5, 5.41) is 0. The molecular weight excluding hydrogens is 232 g/mol. The second-order valence-electron chi connectivity index (χ2n) is 5.20. The summed E-state index contributed by atoms with van der Waals surface area (Å²) in [4.78, 5) is 14.6. The number of nitrogens with zero attached hydrogens (tertiary/aromatic N) is 1. The topological polar surface area (TPSA) is 46.3 Å². The zero-order valence-electron chi connectivity index (χ0n) is 10.6. The molecule has 2 atom stereocenters. The molecule has 2 fully saturated rings. The molecule has 1 saturated heterocycles.